The molecule has 0 saturated carbocycles. The number of hydrogen-bond acceptors (Lipinski definition) is 6. The molecule has 0 aliphatic carbocycles. The van der Waals surface area contributed by atoms with E-state index in [9.17, 15) is 26.4 Å². The highest BCUT2D eigenvalue weighted by molar-refractivity contribution is 7.91. The largest absolute Gasteiger partial charge is 0.416 e. The van der Waals surface area contributed by atoms with Gasteiger partial charge in [0.25, 0.3) is 5.56 Å². The Morgan fingerprint density at radius 3 is 2.57 bits per heavy atom. The molecular formula is C16H12ClF3N4O3S. The average molecular weight is 433 g/mol. The van der Waals surface area contributed by atoms with Crippen molar-refractivity contribution in [2.45, 2.75) is 18.1 Å². The summed E-state index contributed by atoms with van der Waals surface area (Å²) in [4.78, 5) is 20.3. The van der Waals surface area contributed by atoms with Crippen LogP contribution in [-0.4, -0.2) is 28.8 Å². The van der Waals surface area contributed by atoms with Gasteiger partial charge in [0, 0.05) is 6.20 Å². The Balaban J connectivity index is 2.15. The first-order chi connectivity index (χ1) is 13.0. The third-order valence-electron chi connectivity index (χ3n) is 3.82. The van der Waals surface area contributed by atoms with Gasteiger partial charge in [0.05, 0.1) is 32.9 Å². The second kappa shape index (κ2) is 7.06. The minimum atomic E-state index is -4.63. The number of benzene rings is 1. The summed E-state index contributed by atoms with van der Waals surface area (Å²) in [6.07, 6.45) is -2.47. The van der Waals surface area contributed by atoms with Crippen LogP contribution in [0.1, 0.15) is 12.5 Å². The third-order valence-corrected chi connectivity index (χ3v) is 5.70. The first-order valence-electron chi connectivity index (χ1n) is 7.77. The fraction of sp³-hybridized carbons (Fsp3) is 0.188. The Bertz CT molecular complexity index is 1230. The number of halogens is 4. The van der Waals surface area contributed by atoms with Crippen LogP contribution in [0.25, 0.3) is 10.9 Å². The van der Waals surface area contributed by atoms with E-state index in [4.69, 9.17) is 11.6 Å². The molecule has 0 aliphatic heterocycles. The van der Waals surface area contributed by atoms with Gasteiger partial charge in [0.1, 0.15) is 6.33 Å². The van der Waals surface area contributed by atoms with Crippen molar-refractivity contribution in [1.29, 1.82) is 0 Å². The summed E-state index contributed by atoms with van der Waals surface area (Å²) in [5.74, 6) is -0.254. The molecule has 3 rings (SSSR count). The molecule has 0 radical (unpaired) electrons. The Morgan fingerprint density at radius 1 is 1.21 bits per heavy atom. The molecule has 0 bridgehead atoms. The molecule has 0 spiro atoms. The van der Waals surface area contributed by atoms with Crippen LogP contribution in [0.5, 0.6) is 0 Å². The number of alkyl halides is 3. The standard InChI is InChI=1S/C16H12ClF3N4O3S/c1-2-28(26,27)14-13(6-10(17)7-21-14)23-24-8-22-12-4-3-9(16(18,19)20)5-11(12)15(24)25/h3-8,23H,2H2,1H3. The molecule has 1 N–H and O–H groups in total. The van der Waals surface area contributed by atoms with Crippen molar-refractivity contribution < 1.29 is 21.6 Å². The number of nitrogens with zero attached hydrogens (tertiary/aromatic N) is 3. The van der Waals surface area contributed by atoms with Crippen LogP contribution in [0.2, 0.25) is 5.02 Å². The van der Waals surface area contributed by atoms with Crippen LogP contribution in [0, 0.1) is 0 Å². The summed E-state index contributed by atoms with van der Waals surface area (Å²) in [6, 6.07) is 3.82. The summed E-state index contributed by atoms with van der Waals surface area (Å²) in [6.45, 7) is 1.41. The maximum atomic E-state index is 12.9. The van der Waals surface area contributed by atoms with Gasteiger partial charge in [-0.05, 0) is 24.3 Å². The van der Waals surface area contributed by atoms with Gasteiger partial charge in [-0.3, -0.25) is 10.2 Å². The number of aromatic nitrogens is 3. The first-order valence-corrected chi connectivity index (χ1v) is 9.80. The van der Waals surface area contributed by atoms with Crippen molar-refractivity contribution in [3.8, 4) is 0 Å². The normalized spacial score (nSPS) is 12.3. The molecule has 148 valence electrons. The molecular weight excluding hydrogens is 421 g/mol. The molecule has 0 unspecified atom stereocenters. The van der Waals surface area contributed by atoms with Gasteiger partial charge in [-0.25, -0.2) is 23.1 Å². The van der Waals surface area contributed by atoms with E-state index in [1.165, 1.54) is 13.0 Å². The molecule has 1 aromatic carbocycles. The van der Waals surface area contributed by atoms with E-state index < -0.39 is 27.1 Å². The van der Waals surface area contributed by atoms with E-state index >= 15 is 0 Å². The van der Waals surface area contributed by atoms with E-state index in [1.54, 1.807) is 0 Å². The summed E-state index contributed by atoms with van der Waals surface area (Å²) >= 11 is 5.86. The van der Waals surface area contributed by atoms with E-state index in [0.717, 1.165) is 29.3 Å². The zero-order chi connectivity index (χ0) is 20.7. The fourth-order valence-electron chi connectivity index (χ4n) is 2.40. The van der Waals surface area contributed by atoms with Crippen molar-refractivity contribution in [3.63, 3.8) is 0 Å². The van der Waals surface area contributed by atoms with E-state index in [1.807, 2.05) is 0 Å². The second-order valence-electron chi connectivity index (χ2n) is 5.67. The second-order valence-corrected chi connectivity index (χ2v) is 8.30. The van der Waals surface area contributed by atoms with Crippen molar-refractivity contribution >= 4 is 38.0 Å². The number of fused-ring (bicyclic) bond motifs is 1. The lowest BCUT2D eigenvalue weighted by Gasteiger charge is -2.14. The monoisotopic (exact) mass is 432 g/mol. The lowest BCUT2D eigenvalue weighted by molar-refractivity contribution is -0.137. The molecule has 0 amide bonds. The number of nitrogens with one attached hydrogen (secondary N) is 1. The lowest BCUT2D eigenvalue weighted by Crippen LogP contribution is -2.28. The molecule has 3 aromatic rings. The average Bonchev–Trinajstić information content (AvgIpc) is 2.63. The van der Waals surface area contributed by atoms with Gasteiger partial charge < -0.3 is 0 Å². The van der Waals surface area contributed by atoms with Crippen LogP contribution >= 0.6 is 11.6 Å². The highest BCUT2D eigenvalue weighted by Gasteiger charge is 2.31. The zero-order valence-electron chi connectivity index (χ0n) is 14.2. The predicted octanol–water partition coefficient (Wildman–Crippen LogP) is 3.13. The molecule has 2 heterocycles. The maximum Gasteiger partial charge on any atom is 0.416 e. The summed E-state index contributed by atoms with van der Waals surface area (Å²) < 4.78 is 64.0. The van der Waals surface area contributed by atoms with Gasteiger partial charge in [0.2, 0.25) is 0 Å². The van der Waals surface area contributed by atoms with E-state index in [0.29, 0.717) is 6.07 Å². The number of sulfone groups is 1. The van der Waals surface area contributed by atoms with Crippen LogP contribution in [0.3, 0.4) is 0 Å². The molecule has 0 aliphatic rings. The smallest absolute Gasteiger partial charge is 0.287 e. The molecule has 0 atom stereocenters. The molecule has 0 fully saturated rings. The van der Waals surface area contributed by atoms with Gasteiger partial charge in [-0.15, -0.1) is 0 Å². The highest BCUT2D eigenvalue weighted by Crippen LogP contribution is 2.30. The van der Waals surface area contributed by atoms with Crippen molar-refractivity contribution in [2.24, 2.45) is 0 Å². The minimum Gasteiger partial charge on any atom is -0.287 e. The summed E-state index contributed by atoms with van der Waals surface area (Å²) in [5.41, 5.74) is 0.602. The predicted molar refractivity (Wildman–Crippen MR) is 97.0 cm³/mol. The minimum absolute atomic E-state index is 0.0571. The van der Waals surface area contributed by atoms with E-state index in [2.05, 4.69) is 15.4 Å². The highest BCUT2D eigenvalue weighted by atomic mass is 35.5. The zero-order valence-corrected chi connectivity index (χ0v) is 15.7. The van der Waals surface area contributed by atoms with Crippen LogP contribution in [0.4, 0.5) is 18.9 Å². The number of anilines is 1. The van der Waals surface area contributed by atoms with Crippen molar-refractivity contribution in [2.75, 3.05) is 11.2 Å². The Labute approximate surface area is 161 Å². The quantitative estimate of drug-likeness (QED) is 0.680. The molecule has 12 heteroatoms. The van der Waals surface area contributed by atoms with Gasteiger partial charge >= 0.3 is 6.18 Å². The molecule has 2 aromatic heterocycles. The van der Waals surface area contributed by atoms with E-state index in [-0.39, 0.29) is 32.4 Å². The third kappa shape index (κ3) is 3.80. The van der Waals surface area contributed by atoms with Gasteiger partial charge in [0.15, 0.2) is 14.9 Å². The molecule has 28 heavy (non-hydrogen) atoms. The molecule has 7 nitrogen and oxygen atoms in total. The Kier molecular flexibility index (Phi) is 5.06. The van der Waals surface area contributed by atoms with Crippen LogP contribution < -0.4 is 11.0 Å². The van der Waals surface area contributed by atoms with Crippen molar-refractivity contribution in [3.05, 3.63) is 57.7 Å². The Hall–Kier alpha value is -2.66. The number of hydrogen-bond donors (Lipinski definition) is 1. The SMILES string of the molecule is CCS(=O)(=O)c1ncc(Cl)cc1Nn1cnc2ccc(C(F)(F)F)cc2c1=O. The lowest BCUT2D eigenvalue weighted by atomic mass is 10.1. The summed E-state index contributed by atoms with van der Waals surface area (Å²) in [5, 5.41) is -0.547. The maximum absolute atomic E-state index is 12.9. The number of rotatable bonds is 4. The Morgan fingerprint density at radius 2 is 1.93 bits per heavy atom. The van der Waals surface area contributed by atoms with Crippen molar-refractivity contribution in [1.82, 2.24) is 14.6 Å². The van der Waals surface area contributed by atoms with Crippen LogP contribution in [-0.2, 0) is 16.0 Å². The van der Waals surface area contributed by atoms with Gasteiger partial charge in [-0.1, -0.05) is 18.5 Å². The van der Waals surface area contributed by atoms with Crippen LogP contribution in [0.15, 0.2) is 46.6 Å². The van der Waals surface area contributed by atoms with Gasteiger partial charge in [-0.2, -0.15) is 13.2 Å². The molecule has 0 saturated heterocycles. The first kappa shape index (κ1) is 20.1. The fourth-order valence-corrected chi connectivity index (χ4v) is 3.48. The topological polar surface area (TPSA) is 93.9 Å². The number of pyridine rings is 1. The summed E-state index contributed by atoms with van der Waals surface area (Å²) in [7, 11) is -3.76.